The van der Waals surface area contributed by atoms with Gasteiger partial charge < -0.3 is 10.1 Å². The molecule has 1 rings (SSSR count). The second-order valence-corrected chi connectivity index (χ2v) is 5.16. The highest BCUT2D eigenvalue weighted by Gasteiger charge is 2.07. The Morgan fingerprint density at radius 1 is 1.35 bits per heavy atom. The first-order valence-corrected chi connectivity index (χ1v) is 7.52. The van der Waals surface area contributed by atoms with Crippen molar-refractivity contribution in [3.63, 3.8) is 0 Å². The zero-order valence-electron chi connectivity index (χ0n) is 12.9. The van der Waals surface area contributed by atoms with E-state index in [1.54, 1.807) is 0 Å². The van der Waals surface area contributed by atoms with E-state index in [9.17, 15) is 0 Å². The molecular weight excluding hydrogens is 248 g/mol. The quantitative estimate of drug-likeness (QED) is 0.689. The third-order valence-electron chi connectivity index (χ3n) is 3.34. The van der Waals surface area contributed by atoms with Gasteiger partial charge in [-0.15, -0.1) is 0 Å². The maximum Gasteiger partial charge on any atom is 0.122 e. The number of nitrogens with zero attached hydrogens (tertiary/aromatic N) is 1. The van der Waals surface area contributed by atoms with E-state index in [-0.39, 0.29) is 0 Å². The third kappa shape index (κ3) is 5.63. The molecule has 0 aromatic heterocycles. The van der Waals surface area contributed by atoms with Crippen LogP contribution in [0.15, 0.2) is 18.2 Å². The van der Waals surface area contributed by atoms with Crippen molar-refractivity contribution in [2.24, 2.45) is 0 Å². The van der Waals surface area contributed by atoms with Crippen LogP contribution in [0.2, 0.25) is 0 Å². The monoisotopic (exact) mass is 274 g/mol. The third-order valence-corrected chi connectivity index (χ3v) is 3.34. The van der Waals surface area contributed by atoms with Gasteiger partial charge in [0.15, 0.2) is 0 Å². The van der Waals surface area contributed by atoms with E-state index in [0.717, 1.165) is 31.6 Å². The van der Waals surface area contributed by atoms with Crippen molar-refractivity contribution in [3.05, 3.63) is 29.3 Å². The van der Waals surface area contributed by atoms with Crippen LogP contribution >= 0.6 is 0 Å². The molecule has 0 aliphatic rings. The highest BCUT2D eigenvalue weighted by atomic mass is 16.5. The smallest absolute Gasteiger partial charge is 0.122 e. The van der Waals surface area contributed by atoms with Crippen LogP contribution in [-0.2, 0) is 0 Å². The van der Waals surface area contributed by atoms with Gasteiger partial charge in [-0.3, -0.25) is 0 Å². The predicted molar refractivity (Wildman–Crippen MR) is 82.8 cm³/mol. The minimum Gasteiger partial charge on any atom is -0.493 e. The van der Waals surface area contributed by atoms with Crippen molar-refractivity contribution < 1.29 is 4.74 Å². The highest BCUT2D eigenvalue weighted by molar-refractivity contribution is 5.37. The molecule has 0 heterocycles. The lowest BCUT2D eigenvalue weighted by molar-refractivity contribution is 0.305. The number of nitriles is 1. The van der Waals surface area contributed by atoms with Crippen LogP contribution in [0.4, 0.5) is 0 Å². The maximum absolute atomic E-state index is 8.47. The topological polar surface area (TPSA) is 45.0 Å². The fourth-order valence-electron chi connectivity index (χ4n) is 2.07. The van der Waals surface area contributed by atoms with Gasteiger partial charge in [0.2, 0.25) is 0 Å². The molecule has 0 saturated heterocycles. The van der Waals surface area contributed by atoms with Crippen LogP contribution in [0.1, 0.15) is 56.7 Å². The molecule has 1 atom stereocenters. The summed E-state index contributed by atoms with van der Waals surface area (Å²) in [5.74, 6) is 0.952. The lowest BCUT2D eigenvalue weighted by atomic mass is 10.0. The number of aryl methyl sites for hydroxylation is 1. The molecule has 1 unspecified atom stereocenters. The average Bonchev–Trinajstić information content (AvgIpc) is 2.46. The molecule has 0 saturated carbocycles. The molecule has 110 valence electrons. The zero-order chi connectivity index (χ0) is 14.8. The Balaban J connectivity index is 2.49. The maximum atomic E-state index is 8.47. The van der Waals surface area contributed by atoms with Crippen LogP contribution in [-0.4, -0.2) is 13.2 Å². The van der Waals surface area contributed by atoms with E-state index < -0.39 is 0 Å². The van der Waals surface area contributed by atoms with E-state index in [1.807, 2.05) is 0 Å². The van der Waals surface area contributed by atoms with Gasteiger partial charge in [-0.1, -0.05) is 19.1 Å². The largest absolute Gasteiger partial charge is 0.493 e. The number of hydrogen-bond acceptors (Lipinski definition) is 3. The zero-order valence-corrected chi connectivity index (χ0v) is 12.9. The van der Waals surface area contributed by atoms with E-state index in [2.05, 4.69) is 50.4 Å². The van der Waals surface area contributed by atoms with Crippen molar-refractivity contribution >= 4 is 0 Å². The summed E-state index contributed by atoms with van der Waals surface area (Å²) in [6, 6.07) is 8.90. The van der Waals surface area contributed by atoms with E-state index in [0.29, 0.717) is 19.1 Å². The van der Waals surface area contributed by atoms with Crippen LogP contribution in [0.5, 0.6) is 5.75 Å². The summed E-state index contributed by atoms with van der Waals surface area (Å²) < 4.78 is 5.77. The lowest BCUT2D eigenvalue weighted by Gasteiger charge is -2.16. The van der Waals surface area contributed by atoms with Gasteiger partial charge in [0.05, 0.1) is 12.7 Å². The number of hydrogen-bond donors (Lipinski definition) is 1. The van der Waals surface area contributed by atoms with Crippen molar-refractivity contribution in [1.82, 2.24) is 5.32 Å². The molecule has 1 aromatic carbocycles. The SMILES string of the molecule is CCCNC(C)c1ccc(OCCCCC#N)c(C)c1. The summed E-state index contributed by atoms with van der Waals surface area (Å²) in [5, 5.41) is 12.0. The van der Waals surface area contributed by atoms with Gasteiger partial charge in [0.1, 0.15) is 5.75 Å². The number of unbranched alkanes of at least 4 members (excludes halogenated alkanes) is 2. The second kappa shape index (κ2) is 9.39. The average molecular weight is 274 g/mol. The Hall–Kier alpha value is -1.53. The summed E-state index contributed by atoms with van der Waals surface area (Å²) in [4.78, 5) is 0. The molecular formula is C17H26N2O. The Morgan fingerprint density at radius 3 is 2.80 bits per heavy atom. The van der Waals surface area contributed by atoms with Crippen LogP contribution in [0.25, 0.3) is 0 Å². The van der Waals surface area contributed by atoms with Gasteiger partial charge in [0.25, 0.3) is 0 Å². The van der Waals surface area contributed by atoms with Gasteiger partial charge in [-0.2, -0.15) is 5.26 Å². The highest BCUT2D eigenvalue weighted by Crippen LogP contribution is 2.23. The number of nitrogens with one attached hydrogen (secondary N) is 1. The Kier molecular flexibility index (Phi) is 7.75. The summed E-state index contributed by atoms with van der Waals surface area (Å²) in [5.41, 5.74) is 2.47. The Labute approximate surface area is 123 Å². The summed E-state index contributed by atoms with van der Waals surface area (Å²) >= 11 is 0. The minimum atomic E-state index is 0.373. The van der Waals surface area contributed by atoms with Gasteiger partial charge in [-0.25, -0.2) is 0 Å². The van der Waals surface area contributed by atoms with E-state index in [1.165, 1.54) is 11.1 Å². The van der Waals surface area contributed by atoms with Crippen LogP contribution in [0.3, 0.4) is 0 Å². The summed E-state index contributed by atoms with van der Waals surface area (Å²) in [6.45, 7) is 8.17. The fraction of sp³-hybridized carbons (Fsp3) is 0.588. The Morgan fingerprint density at radius 2 is 2.15 bits per heavy atom. The number of ether oxygens (including phenoxy) is 1. The van der Waals surface area contributed by atoms with E-state index in [4.69, 9.17) is 10.00 Å². The molecule has 0 aliphatic carbocycles. The second-order valence-electron chi connectivity index (χ2n) is 5.16. The standard InChI is InChI=1S/C17H26N2O/c1-4-11-19-15(3)16-8-9-17(14(2)13-16)20-12-7-5-6-10-18/h8-9,13,15,19H,4-7,11-12H2,1-3H3. The summed E-state index contributed by atoms with van der Waals surface area (Å²) in [6.07, 6.45) is 3.60. The van der Waals surface area contributed by atoms with E-state index >= 15 is 0 Å². The Bertz CT molecular complexity index is 437. The van der Waals surface area contributed by atoms with Crippen molar-refractivity contribution in [3.8, 4) is 11.8 Å². The normalized spacial score (nSPS) is 11.9. The predicted octanol–water partition coefficient (Wildman–Crippen LogP) is 4.13. The van der Waals surface area contributed by atoms with Gasteiger partial charge in [-0.05, 0) is 56.8 Å². The molecule has 0 fully saturated rings. The van der Waals surface area contributed by atoms with Gasteiger partial charge >= 0.3 is 0 Å². The number of rotatable bonds is 9. The molecule has 20 heavy (non-hydrogen) atoms. The molecule has 3 heteroatoms. The van der Waals surface area contributed by atoms with Gasteiger partial charge in [0, 0.05) is 12.5 Å². The molecule has 0 aliphatic heterocycles. The van der Waals surface area contributed by atoms with Crippen LogP contribution < -0.4 is 10.1 Å². The molecule has 0 bridgehead atoms. The number of benzene rings is 1. The fourth-order valence-corrected chi connectivity index (χ4v) is 2.07. The first kappa shape index (κ1) is 16.5. The molecule has 0 amide bonds. The first-order chi connectivity index (χ1) is 9.69. The molecule has 1 aromatic rings. The summed E-state index contributed by atoms with van der Waals surface area (Å²) in [7, 11) is 0. The first-order valence-electron chi connectivity index (χ1n) is 7.52. The van der Waals surface area contributed by atoms with Crippen molar-refractivity contribution in [2.75, 3.05) is 13.2 Å². The molecule has 0 radical (unpaired) electrons. The molecule has 1 N–H and O–H groups in total. The molecule has 0 spiro atoms. The molecule has 3 nitrogen and oxygen atoms in total. The lowest BCUT2D eigenvalue weighted by Crippen LogP contribution is -2.19. The van der Waals surface area contributed by atoms with Crippen molar-refractivity contribution in [2.45, 2.75) is 52.5 Å². The van der Waals surface area contributed by atoms with Crippen molar-refractivity contribution in [1.29, 1.82) is 5.26 Å². The minimum absolute atomic E-state index is 0.373. The van der Waals surface area contributed by atoms with Crippen LogP contribution in [0, 0.1) is 18.3 Å².